The van der Waals surface area contributed by atoms with Crippen LogP contribution in [0.4, 0.5) is 4.39 Å². The van der Waals surface area contributed by atoms with Crippen molar-refractivity contribution in [3.05, 3.63) is 29.8 Å². The first-order valence-corrected chi connectivity index (χ1v) is 7.83. The highest BCUT2D eigenvalue weighted by molar-refractivity contribution is 7.84. The Kier molecular flexibility index (Phi) is 6.43. The van der Waals surface area contributed by atoms with Crippen LogP contribution in [0.2, 0.25) is 0 Å². The van der Waals surface area contributed by atoms with E-state index in [1.807, 2.05) is 6.92 Å². The topological polar surface area (TPSA) is 42.0 Å². The van der Waals surface area contributed by atoms with Crippen LogP contribution in [0, 0.1) is 5.82 Å². The van der Waals surface area contributed by atoms with Crippen LogP contribution in [0.15, 0.2) is 18.3 Å². The highest BCUT2D eigenvalue weighted by Gasteiger charge is 2.11. The predicted molar refractivity (Wildman–Crippen MR) is 73.4 cm³/mol. The SMILES string of the molecule is CCC(NCCC(C)S(C)=O)c1ccc(F)cn1. The lowest BCUT2D eigenvalue weighted by atomic mass is 10.1. The van der Waals surface area contributed by atoms with Gasteiger partial charge in [-0.3, -0.25) is 9.19 Å². The van der Waals surface area contributed by atoms with Crippen molar-refractivity contribution in [3.63, 3.8) is 0 Å². The minimum Gasteiger partial charge on any atom is -0.309 e. The van der Waals surface area contributed by atoms with Crippen molar-refractivity contribution in [2.24, 2.45) is 0 Å². The molecule has 0 fully saturated rings. The summed E-state index contributed by atoms with van der Waals surface area (Å²) in [7, 11) is -0.780. The first-order valence-electron chi connectivity index (χ1n) is 6.21. The molecule has 1 rings (SSSR count). The zero-order valence-electron chi connectivity index (χ0n) is 11.1. The summed E-state index contributed by atoms with van der Waals surface area (Å²) in [5.74, 6) is -0.316. The summed E-state index contributed by atoms with van der Waals surface area (Å²) < 4.78 is 24.0. The van der Waals surface area contributed by atoms with E-state index in [9.17, 15) is 8.60 Å². The van der Waals surface area contributed by atoms with Crippen molar-refractivity contribution in [3.8, 4) is 0 Å². The molecule has 3 nitrogen and oxygen atoms in total. The van der Waals surface area contributed by atoms with Crippen LogP contribution in [0.5, 0.6) is 0 Å². The quantitative estimate of drug-likeness (QED) is 0.829. The minimum atomic E-state index is -0.780. The molecule has 0 saturated carbocycles. The number of aromatic nitrogens is 1. The maximum absolute atomic E-state index is 12.8. The molecule has 0 amide bonds. The third-order valence-corrected chi connectivity index (χ3v) is 4.39. The van der Waals surface area contributed by atoms with E-state index in [0.717, 1.165) is 25.1 Å². The van der Waals surface area contributed by atoms with Crippen LogP contribution in [0.3, 0.4) is 0 Å². The molecule has 0 aliphatic rings. The Hall–Kier alpha value is -0.810. The zero-order chi connectivity index (χ0) is 13.5. The average molecular weight is 272 g/mol. The molecule has 18 heavy (non-hydrogen) atoms. The van der Waals surface area contributed by atoms with E-state index in [0.29, 0.717) is 0 Å². The maximum atomic E-state index is 12.8. The Morgan fingerprint density at radius 1 is 1.50 bits per heavy atom. The van der Waals surface area contributed by atoms with E-state index in [1.165, 1.54) is 12.3 Å². The molecule has 0 saturated heterocycles. The summed E-state index contributed by atoms with van der Waals surface area (Å²) in [4.78, 5) is 4.08. The second kappa shape index (κ2) is 7.59. The third kappa shape index (κ3) is 4.82. The normalized spacial score (nSPS) is 16.2. The predicted octanol–water partition coefficient (Wildman–Crippen LogP) is 2.42. The number of rotatable bonds is 7. The van der Waals surface area contributed by atoms with Crippen molar-refractivity contribution in [1.82, 2.24) is 10.3 Å². The lowest BCUT2D eigenvalue weighted by Gasteiger charge is -2.17. The number of hydrogen-bond donors (Lipinski definition) is 1. The second-order valence-corrected chi connectivity index (χ2v) is 6.22. The molecular formula is C13H21FN2OS. The van der Waals surface area contributed by atoms with E-state index >= 15 is 0 Å². The fraction of sp³-hybridized carbons (Fsp3) is 0.615. The van der Waals surface area contributed by atoms with Crippen LogP contribution in [0.25, 0.3) is 0 Å². The zero-order valence-corrected chi connectivity index (χ0v) is 12.0. The van der Waals surface area contributed by atoms with Gasteiger partial charge in [0.25, 0.3) is 0 Å². The molecule has 1 aromatic heterocycles. The highest BCUT2D eigenvalue weighted by atomic mass is 32.2. The van der Waals surface area contributed by atoms with Gasteiger partial charge in [0.05, 0.1) is 11.9 Å². The fourth-order valence-electron chi connectivity index (χ4n) is 1.68. The molecule has 0 aromatic carbocycles. The second-order valence-electron chi connectivity index (χ2n) is 4.41. The van der Waals surface area contributed by atoms with Crippen molar-refractivity contribution in [2.45, 2.75) is 38.0 Å². The number of pyridine rings is 1. The molecule has 102 valence electrons. The standard InChI is InChI=1S/C13H21FN2OS/c1-4-12(13-6-5-11(14)9-16-13)15-8-7-10(2)18(3)17/h5-6,9-10,12,15H,4,7-8H2,1-3H3. The van der Waals surface area contributed by atoms with E-state index in [2.05, 4.69) is 17.2 Å². The van der Waals surface area contributed by atoms with Gasteiger partial charge in [0.1, 0.15) is 5.82 Å². The monoisotopic (exact) mass is 272 g/mol. The van der Waals surface area contributed by atoms with Crippen molar-refractivity contribution >= 4 is 10.8 Å². The van der Waals surface area contributed by atoms with E-state index in [1.54, 1.807) is 12.3 Å². The number of hydrogen-bond acceptors (Lipinski definition) is 3. The first kappa shape index (κ1) is 15.2. The smallest absolute Gasteiger partial charge is 0.141 e. The Morgan fingerprint density at radius 3 is 2.72 bits per heavy atom. The van der Waals surface area contributed by atoms with Gasteiger partial charge in [-0.25, -0.2) is 4.39 Å². The molecule has 0 bridgehead atoms. The van der Waals surface area contributed by atoms with Crippen LogP contribution >= 0.6 is 0 Å². The van der Waals surface area contributed by atoms with Crippen molar-refractivity contribution in [1.29, 1.82) is 0 Å². The van der Waals surface area contributed by atoms with Gasteiger partial charge in [0.2, 0.25) is 0 Å². The van der Waals surface area contributed by atoms with Crippen LogP contribution in [0.1, 0.15) is 38.4 Å². The minimum absolute atomic E-state index is 0.128. The Morgan fingerprint density at radius 2 is 2.22 bits per heavy atom. The molecule has 1 N–H and O–H groups in total. The van der Waals surface area contributed by atoms with E-state index in [4.69, 9.17) is 0 Å². The third-order valence-electron chi connectivity index (χ3n) is 3.02. The average Bonchev–Trinajstić information content (AvgIpc) is 2.35. The Bertz CT molecular complexity index is 383. The Balaban J connectivity index is 2.47. The van der Waals surface area contributed by atoms with Gasteiger partial charge in [-0.05, 0) is 31.5 Å². The van der Waals surface area contributed by atoms with Gasteiger partial charge in [-0.2, -0.15) is 0 Å². The van der Waals surface area contributed by atoms with Gasteiger partial charge in [0, 0.05) is 28.3 Å². The van der Waals surface area contributed by atoms with Gasteiger partial charge in [-0.15, -0.1) is 0 Å². The molecule has 0 radical (unpaired) electrons. The van der Waals surface area contributed by atoms with Crippen molar-refractivity contribution < 1.29 is 8.60 Å². The fourth-order valence-corrected chi connectivity index (χ4v) is 2.13. The van der Waals surface area contributed by atoms with E-state index < -0.39 is 10.8 Å². The molecule has 3 atom stereocenters. The summed E-state index contributed by atoms with van der Waals surface area (Å²) in [5.41, 5.74) is 0.851. The molecule has 1 aromatic rings. The van der Waals surface area contributed by atoms with Gasteiger partial charge >= 0.3 is 0 Å². The number of nitrogens with one attached hydrogen (secondary N) is 1. The van der Waals surface area contributed by atoms with Gasteiger partial charge in [0.15, 0.2) is 0 Å². The summed E-state index contributed by atoms with van der Waals surface area (Å²) in [6.45, 7) is 4.83. The molecular weight excluding hydrogens is 251 g/mol. The molecule has 0 aliphatic carbocycles. The van der Waals surface area contributed by atoms with Gasteiger partial charge < -0.3 is 5.32 Å². The lowest BCUT2D eigenvalue weighted by Crippen LogP contribution is -2.26. The lowest BCUT2D eigenvalue weighted by molar-refractivity contribution is 0.495. The van der Waals surface area contributed by atoms with Gasteiger partial charge in [-0.1, -0.05) is 13.8 Å². The molecule has 5 heteroatoms. The summed E-state index contributed by atoms with van der Waals surface area (Å²) >= 11 is 0. The Labute approximate surface area is 111 Å². The highest BCUT2D eigenvalue weighted by Crippen LogP contribution is 2.14. The summed E-state index contributed by atoms with van der Waals surface area (Å²) in [6, 6.07) is 3.26. The number of nitrogens with zero attached hydrogens (tertiary/aromatic N) is 1. The largest absolute Gasteiger partial charge is 0.309 e. The summed E-state index contributed by atoms with van der Waals surface area (Å²) in [6.07, 6.45) is 4.72. The molecule has 0 aliphatic heterocycles. The van der Waals surface area contributed by atoms with Crippen LogP contribution in [-0.2, 0) is 10.8 Å². The molecule has 3 unspecified atom stereocenters. The molecule has 1 heterocycles. The van der Waals surface area contributed by atoms with E-state index in [-0.39, 0.29) is 17.1 Å². The molecule has 0 spiro atoms. The maximum Gasteiger partial charge on any atom is 0.141 e. The summed E-state index contributed by atoms with van der Waals surface area (Å²) in [5, 5.41) is 3.56. The van der Waals surface area contributed by atoms with Crippen LogP contribution in [-0.4, -0.2) is 27.2 Å². The van der Waals surface area contributed by atoms with Crippen LogP contribution < -0.4 is 5.32 Å². The van der Waals surface area contributed by atoms with Crippen molar-refractivity contribution in [2.75, 3.05) is 12.8 Å². The number of halogens is 1. The first-order chi connectivity index (χ1) is 8.54.